The van der Waals surface area contributed by atoms with Crippen molar-refractivity contribution >= 4 is 43.6 Å². The van der Waals surface area contributed by atoms with Gasteiger partial charge in [0.15, 0.2) is 11.6 Å². The monoisotopic (exact) mass is 781 g/mol. The number of pyridine rings is 2. The standard InChI is InChI=1S/C54H35N7/c1-4-16-36(17-5-1)45-24-14-28-51(55-45)60-47-26-12-10-22-41(47)43-32-30-38(34-49(43)60)53-57-58-54(59(53)40-20-8-3-9-21-40)39-31-33-44-42-23-11-13-27-48(42)61(50(44)35-39)52-29-15-25-46(56-52)37-18-6-2-7-19-37/h1-35H. The molecule has 0 spiro atoms. The minimum absolute atomic E-state index is 0.740. The quantitative estimate of drug-likeness (QED) is 0.161. The molecule has 7 heteroatoms. The second-order valence-electron chi connectivity index (χ2n) is 15.2. The molecule has 0 unspecified atom stereocenters. The molecule has 0 aliphatic carbocycles. The average Bonchev–Trinajstić information content (AvgIpc) is 4.03. The molecule has 7 aromatic carbocycles. The molecule has 0 saturated carbocycles. The zero-order valence-corrected chi connectivity index (χ0v) is 32.8. The lowest BCUT2D eigenvalue weighted by Gasteiger charge is -2.13. The number of para-hydroxylation sites is 3. The van der Waals surface area contributed by atoms with Crippen LogP contribution >= 0.6 is 0 Å². The first kappa shape index (κ1) is 34.6. The molecule has 5 aromatic heterocycles. The minimum atomic E-state index is 0.740. The number of benzene rings is 7. The number of fused-ring (bicyclic) bond motifs is 6. The lowest BCUT2D eigenvalue weighted by atomic mass is 10.1. The van der Waals surface area contributed by atoms with Gasteiger partial charge in [-0.3, -0.25) is 13.7 Å². The normalized spacial score (nSPS) is 11.6. The Bertz CT molecular complexity index is 3370. The first-order chi connectivity index (χ1) is 30.3. The van der Waals surface area contributed by atoms with E-state index in [2.05, 4.69) is 184 Å². The van der Waals surface area contributed by atoms with Crippen LogP contribution in [0.3, 0.4) is 0 Å². The van der Waals surface area contributed by atoms with Gasteiger partial charge in [0.05, 0.1) is 33.5 Å². The van der Waals surface area contributed by atoms with Gasteiger partial charge in [0.1, 0.15) is 11.6 Å². The van der Waals surface area contributed by atoms with Gasteiger partial charge in [-0.25, -0.2) is 9.97 Å². The third-order valence-corrected chi connectivity index (χ3v) is 11.6. The van der Waals surface area contributed by atoms with E-state index in [1.165, 1.54) is 0 Å². The Balaban J connectivity index is 1.05. The second kappa shape index (κ2) is 14.1. The topological polar surface area (TPSA) is 66.3 Å². The summed E-state index contributed by atoms with van der Waals surface area (Å²) in [5, 5.41) is 14.5. The van der Waals surface area contributed by atoms with Gasteiger partial charge in [-0.1, -0.05) is 152 Å². The lowest BCUT2D eigenvalue weighted by molar-refractivity contribution is 1.07. The molecular weight excluding hydrogens is 747 g/mol. The molecule has 0 aliphatic rings. The Labute approximate surface area is 351 Å². The molecule has 0 aliphatic heterocycles. The lowest BCUT2D eigenvalue weighted by Crippen LogP contribution is -2.02. The van der Waals surface area contributed by atoms with Crippen LogP contribution in [0.4, 0.5) is 0 Å². The van der Waals surface area contributed by atoms with Crippen molar-refractivity contribution in [3.05, 3.63) is 212 Å². The van der Waals surface area contributed by atoms with Gasteiger partial charge in [-0.2, -0.15) is 0 Å². The summed E-state index contributed by atoms with van der Waals surface area (Å²) in [6.07, 6.45) is 0. The zero-order valence-electron chi connectivity index (χ0n) is 32.8. The van der Waals surface area contributed by atoms with Crippen LogP contribution in [-0.2, 0) is 0 Å². The molecule has 7 nitrogen and oxygen atoms in total. The summed E-state index contributed by atoms with van der Waals surface area (Å²) in [4.78, 5) is 10.4. The maximum absolute atomic E-state index is 5.21. The molecule has 0 fully saturated rings. The fraction of sp³-hybridized carbons (Fsp3) is 0. The van der Waals surface area contributed by atoms with E-state index in [0.29, 0.717) is 0 Å². The molecule has 0 radical (unpaired) electrons. The second-order valence-corrected chi connectivity index (χ2v) is 15.2. The summed E-state index contributed by atoms with van der Waals surface area (Å²) in [5.41, 5.74) is 11.1. The Morgan fingerprint density at radius 2 is 0.689 bits per heavy atom. The van der Waals surface area contributed by atoms with Crippen LogP contribution in [0.15, 0.2) is 212 Å². The van der Waals surface area contributed by atoms with E-state index in [-0.39, 0.29) is 0 Å². The summed E-state index contributed by atoms with van der Waals surface area (Å²) >= 11 is 0. The summed E-state index contributed by atoms with van der Waals surface area (Å²) < 4.78 is 6.70. The van der Waals surface area contributed by atoms with E-state index in [1.54, 1.807) is 0 Å². The summed E-state index contributed by atoms with van der Waals surface area (Å²) in [7, 11) is 0. The first-order valence-corrected chi connectivity index (χ1v) is 20.4. The minimum Gasteiger partial charge on any atom is -0.294 e. The highest BCUT2D eigenvalue weighted by Gasteiger charge is 2.22. The van der Waals surface area contributed by atoms with Crippen LogP contribution in [0.1, 0.15) is 0 Å². The molecular formula is C54H35N7. The number of hydrogen-bond donors (Lipinski definition) is 0. The van der Waals surface area contributed by atoms with Crippen LogP contribution in [0.5, 0.6) is 0 Å². The Hall–Kier alpha value is -8.42. The molecule has 0 bridgehead atoms. The predicted octanol–water partition coefficient (Wildman–Crippen LogP) is 12.9. The molecule has 12 rings (SSSR count). The third kappa shape index (κ3) is 5.74. The van der Waals surface area contributed by atoms with Crippen LogP contribution < -0.4 is 0 Å². The van der Waals surface area contributed by atoms with Crippen molar-refractivity contribution in [2.75, 3.05) is 0 Å². The van der Waals surface area contributed by atoms with Crippen molar-refractivity contribution in [3.63, 3.8) is 0 Å². The Morgan fingerprint density at radius 1 is 0.279 bits per heavy atom. The highest BCUT2D eigenvalue weighted by molar-refractivity contribution is 6.11. The predicted molar refractivity (Wildman–Crippen MR) is 247 cm³/mol. The van der Waals surface area contributed by atoms with Gasteiger partial charge in [0.2, 0.25) is 0 Å². The van der Waals surface area contributed by atoms with Crippen molar-refractivity contribution in [2.24, 2.45) is 0 Å². The molecule has 12 aromatic rings. The largest absolute Gasteiger partial charge is 0.294 e. The fourth-order valence-electron chi connectivity index (χ4n) is 8.83. The van der Waals surface area contributed by atoms with Crippen LogP contribution in [-0.4, -0.2) is 33.9 Å². The van der Waals surface area contributed by atoms with E-state index in [9.17, 15) is 0 Å². The zero-order chi connectivity index (χ0) is 40.3. The van der Waals surface area contributed by atoms with Gasteiger partial charge in [-0.15, -0.1) is 10.2 Å². The fourth-order valence-corrected chi connectivity index (χ4v) is 8.83. The maximum Gasteiger partial charge on any atom is 0.168 e. The summed E-state index contributed by atoms with van der Waals surface area (Å²) in [5.74, 6) is 3.18. The van der Waals surface area contributed by atoms with E-state index in [0.717, 1.165) is 106 Å². The van der Waals surface area contributed by atoms with E-state index in [1.807, 2.05) is 42.5 Å². The summed E-state index contributed by atoms with van der Waals surface area (Å²) in [6, 6.07) is 73.7. The van der Waals surface area contributed by atoms with Gasteiger partial charge in [-0.05, 0) is 60.7 Å². The number of nitrogens with zero attached hydrogens (tertiary/aromatic N) is 7. The van der Waals surface area contributed by atoms with Gasteiger partial charge >= 0.3 is 0 Å². The molecule has 0 atom stereocenters. The molecule has 0 N–H and O–H groups in total. The van der Waals surface area contributed by atoms with Crippen LogP contribution in [0, 0.1) is 0 Å². The number of aromatic nitrogens is 7. The maximum atomic E-state index is 5.21. The third-order valence-electron chi connectivity index (χ3n) is 11.6. The van der Waals surface area contributed by atoms with Crippen molar-refractivity contribution in [2.45, 2.75) is 0 Å². The van der Waals surface area contributed by atoms with E-state index < -0.39 is 0 Å². The molecule has 0 saturated heterocycles. The molecule has 5 heterocycles. The highest BCUT2D eigenvalue weighted by Crippen LogP contribution is 2.38. The van der Waals surface area contributed by atoms with Gasteiger partial charge < -0.3 is 0 Å². The van der Waals surface area contributed by atoms with Gasteiger partial charge in [0.25, 0.3) is 0 Å². The Kier molecular flexibility index (Phi) is 8.03. The number of hydrogen-bond acceptors (Lipinski definition) is 4. The molecule has 286 valence electrons. The average molecular weight is 782 g/mol. The summed E-state index contributed by atoms with van der Waals surface area (Å²) in [6.45, 7) is 0. The number of rotatable bonds is 7. The van der Waals surface area contributed by atoms with Crippen LogP contribution in [0.25, 0.3) is 106 Å². The molecule has 61 heavy (non-hydrogen) atoms. The van der Waals surface area contributed by atoms with Crippen molar-refractivity contribution in [1.82, 2.24) is 33.9 Å². The molecule has 0 amide bonds. The first-order valence-electron chi connectivity index (χ1n) is 20.4. The van der Waals surface area contributed by atoms with Crippen LogP contribution in [0.2, 0.25) is 0 Å². The van der Waals surface area contributed by atoms with Crippen molar-refractivity contribution < 1.29 is 0 Å². The highest BCUT2D eigenvalue weighted by atomic mass is 15.3. The SMILES string of the molecule is c1ccc(-c2cccc(-n3c4ccccc4c4ccc(-c5nnc(-c6ccc7c8ccccc8n(-c8cccc(-c9ccccc9)n8)c7c6)n5-c5ccccc5)cc43)n2)cc1. The Morgan fingerprint density at radius 3 is 1.16 bits per heavy atom. The van der Waals surface area contributed by atoms with Crippen molar-refractivity contribution in [3.8, 4) is 62.6 Å². The van der Waals surface area contributed by atoms with Gasteiger partial charge in [0, 0.05) is 49.5 Å². The van der Waals surface area contributed by atoms with E-state index >= 15 is 0 Å². The van der Waals surface area contributed by atoms with E-state index in [4.69, 9.17) is 20.2 Å². The smallest absolute Gasteiger partial charge is 0.168 e. The van der Waals surface area contributed by atoms with Crippen molar-refractivity contribution in [1.29, 1.82) is 0 Å².